The standard InChI is InChI=1S/C24H27N5O4/c1-32-21-13-16(4-9-25-21)12-18-15-27-29(23(18)31)20-3-2-17(14-26-20)22(30)28-24(7-8-24)19-5-10-33-11-6-19/h2-4,9,13-15,19,31H,5-8,10-12H2,1H3,(H,28,30). The fraction of sp³-hybridized carbons (Fsp3) is 0.417. The van der Waals surface area contributed by atoms with Gasteiger partial charge in [-0.15, -0.1) is 0 Å². The number of nitrogens with zero attached hydrogens (tertiary/aromatic N) is 4. The molecular formula is C24H27N5O4. The lowest BCUT2D eigenvalue weighted by Gasteiger charge is -2.31. The van der Waals surface area contributed by atoms with Gasteiger partial charge < -0.3 is 19.9 Å². The zero-order valence-corrected chi connectivity index (χ0v) is 18.5. The molecule has 0 spiro atoms. The van der Waals surface area contributed by atoms with Crippen LogP contribution in [0, 0.1) is 5.92 Å². The number of pyridine rings is 2. The van der Waals surface area contributed by atoms with Crippen LogP contribution in [-0.4, -0.2) is 56.6 Å². The second kappa shape index (κ2) is 8.82. The molecule has 9 heteroatoms. The van der Waals surface area contributed by atoms with Crippen molar-refractivity contribution >= 4 is 5.91 Å². The van der Waals surface area contributed by atoms with Gasteiger partial charge >= 0.3 is 0 Å². The van der Waals surface area contributed by atoms with Crippen molar-refractivity contribution in [2.75, 3.05) is 20.3 Å². The van der Waals surface area contributed by atoms with Gasteiger partial charge in [0.05, 0.1) is 18.9 Å². The highest BCUT2D eigenvalue weighted by Crippen LogP contribution is 2.46. The largest absolute Gasteiger partial charge is 0.493 e. The van der Waals surface area contributed by atoms with E-state index in [9.17, 15) is 9.90 Å². The van der Waals surface area contributed by atoms with Gasteiger partial charge in [-0.05, 0) is 55.4 Å². The van der Waals surface area contributed by atoms with E-state index in [0.29, 0.717) is 35.2 Å². The van der Waals surface area contributed by atoms with Crippen molar-refractivity contribution in [1.82, 2.24) is 25.1 Å². The summed E-state index contributed by atoms with van der Waals surface area (Å²) in [5.74, 6) is 1.32. The lowest BCUT2D eigenvalue weighted by Crippen LogP contribution is -2.44. The average molecular weight is 450 g/mol. The van der Waals surface area contributed by atoms with E-state index in [0.717, 1.165) is 44.5 Å². The van der Waals surface area contributed by atoms with Crippen molar-refractivity contribution in [2.24, 2.45) is 5.92 Å². The Morgan fingerprint density at radius 2 is 2.06 bits per heavy atom. The quantitative estimate of drug-likeness (QED) is 0.570. The molecule has 3 aromatic rings. The van der Waals surface area contributed by atoms with E-state index < -0.39 is 0 Å². The monoisotopic (exact) mass is 449 g/mol. The SMILES string of the molecule is COc1cc(Cc2cnn(-c3ccc(C(=O)NC4(C5CCOCC5)CC4)cn3)c2O)ccn1. The summed E-state index contributed by atoms with van der Waals surface area (Å²) >= 11 is 0. The molecule has 0 aromatic carbocycles. The number of hydrogen-bond donors (Lipinski definition) is 2. The van der Waals surface area contributed by atoms with Crippen molar-refractivity contribution in [2.45, 2.75) is 37.6 Å². The topological polar surface area (TPSA) is 111 Å². The Kier molecular flexibility index (Phi) is 5.72. The van der Waals surface area contributed by atoms with Crippen LogP contribution in [0.15, 0.2) is 42.9 Å². The van der Waals surface area contributed by atoms with Crippen LogP contribution >= 0.6 is 0 Å². The number of rotatable bonds is 7. The van der Waals surface area contributed by atoms with Crippen molar-refractivity contribution in [3.8, 4) is 17.6 Å². The third-order valence-electron chi connectivity index (χ3n) is 6.60. The first-order valence-corrected chi connectivity index (χ1v) is 11.2. The Bertz CT molecular complexity index is 1130. The highest BCUT2D eigenvalue weighted by molar-refractivity contribution is 5.94. The average Bonchev–Trinajstić information content (AvgIpc) is 3.56. The first-order valence-electron chi connectivity index (χ1n) is 11.2. The third-order valence-corrected chi connectivity index (χ3v) is 6.60. The summed E-state index contributed by atoms with van der Waals surface area (Å²) < 4.78 is 12.0. The van der Waals surface area contributed by atoms with Crippen LogP contribution in [0.4, 0.5) is 0 Å². The molecule has 172 valence electrons. The van der Waals surface area contributed by atoms with Crippen LogP contribution in [0.5, 0.6) is 11.8 Å². The van der Waals surface area contributed by atoms with Gasteiger partial charge in [0.1, 0.15) is 0 Å². The van der Waals surface area contributed by atoms with E-state index in [1.807, 2.05) is 12.1 Å². The minimum atomic E-state index is -0.116. The molecule has 1 amide bonds. The summed E-state index contributed by atoms with van der Waals surface area (Å²) in [6.07, 6.45) is 9.28. The van der Waals surface area contributed by atoms with E-state index in [-0.39, 0.29) is 17.3 Å². The maximum absolute atomic E-state index is 12.8. The molecular weight excluding hydrogens is 422 g/mol. The van der Waals surface area contributed by atoms with Crippen LogP contribution in [0.1, 0.15) is 47.2 Å². The number of methoxy groups -OCH3 is 1. The first kappa shape index (κ1) is 21.4. The number of carbonyl (C=O) groups is 1. The van der Waals surface area contributed by atoms with E-state index in [1.54, 1.807) is 31.6 Å². The van der Waals surface area contributed by atoms with Crippen LogP contribution in [0.3, 0.4) is 0 Å². The molecule has 1 saturated carbocycles. The minimum absolute atomic E-state index is 0.00642. The summed E-state index contributed by atoms with van der Waals surface area (Å²) in [5, 5.41) is 18.2. The van der Waals surface area contributed by atoms with Gasteiger partial charge in [0, 0.05) is 49.2 Å². The molecule has 2 aliphatic rings. The smallest absolute Gasteiger partial charge is 0.253 e. The van der Waals surface area contributed by atoms with Crippen molar-refractivity contribution in [3.05, 3.63) is 59.5 Å². The maximum atomic E-state index is 12.8. The van der Waals surface area contributed by atoms with Crippen LogP contribution in [-0.2, 0) is 11.2 Å². The van der Waals surface area contributed by atoms with E-state index in [4.69, 9.17) is 9.47 Å². The van der Waals surface area contributed by atoms with Gasteiger partial charge in [-0.25, -0.2) is 9.97 Å². The second-order valence-electron chi connectivity index (χ2n) is 8.69. The molecule has 0 atom stereocenters. The molecule has 0 unspecified atom stereocenters. The normalized spacial score (nSPS) is 17.5. The molecule has 9 nitrogen and oxygen atoms in total. The van der Waals surface area contributed by atoms with Gasteiger partial charge in [-0.3, -0.25) is 4.79 Å². The van der Waals surface area contributed by atoms with Crippen molar-refractivity contribution in [1.29, 1.82) is 0 Å². The number of hydrogen-bond acceptors (Lipinski definition) is 7. The molecule has 0 bridgehead atoms. The van der Waals surface area contributed by atoms with Gasteiger partial charge in [0.15, 0.2) is 5.82 Å². The molecule has 1 saturated heterocycles. The third kappa shape index (κ3) is 4.41. The molecule has 5 rings (SSSR count). The highest BCUT2D eigenvalue weighted by Gasteiger charge is 2.50. The molecule has 2 N–H and O–H groups in total. The molecule has 0 radical (unpaired) electrons. The Morgan fingerprint density at radius 1 is 1.24 bits per heavy atom. The molecule has 3 aromatic heterocycles. The Morgan fingerprint density at radius 3 is 2.76 bits per heavy atom. The van der Waals surface area contributed by atoms with Gasteiger partial charge in [0.25, 0.3) is 5.91 Å². The number of carbonyl (C=O) groups excluding carboxylic acids is 1. The predicted octanol–water partition coefficient (Wildman–Crippen LogP) is 2.66. The molecule has 33 heavy (non-hydrogen) atoms. The number of aromatic hydroxyl groups is 1. The lowest BCUT2D eigenvalue weighted by molar-refractivity contribution is 0.0475. The van der Waals surface area contributed by atoms with E-state index in [1.165, 1.54) is 10.9 Å². The number of amides is 1. The van der Waals surface area contributed by atoms with Crippen molar-refractivity contribution < 1.29 is 19.4 Å². The Labute approximate surface area is 191 Å². The lowest BCUT2D eigenvalue weighted by atomic mass is 9.89. The fourth-order valence-electron chi connectivity index (χ4n) is 4.52. The molecule has 4 heterocycles. The minimum Gasteiger partial charge on any atom is -0.493 e. The van der Waals surface area contributed by atoms with Gasteiger partial charge in [-0.2, -0.15) is 9.78 Å². The maximum Gasteiger partial charge on any atom is 0.253 e. The Balaban J connectivity index is 1.27. The zero-order chi connectivity index (χ0) is 22.8. The number of aromatic nitrogens is 4. The van der Waals surface area contributed by atoms with E-state index in [2.05, 4.69) is 20.4 Å². The predicted molar refractivity (Wildman–Crippen MR) is 120 cm³/mol. The molecule has 1 aliphatic heterocycles. The fourth-order valence-corrected chi connectivity index (χ4v) is 4.52. The number of nitrogens with one attached hydrogen (secondary N) is 1. The molecule has 1 aliphatic carbocycles. The van der Waals surface area contributed by atoms with Gasteiger partial charge in [-0.1, -0.05) is 0 Å². The highest BCUT2D eigenvalue weighted by atomic mass is 16.5. The second-order valence-corrected chi connectivity index (χ2v) is 8.69. The summed E-state index contributed by atoms with van der Waals surface area (Å²) in [7, 11) is 1.56. The first-order chi connectivity index (χ1) is 16.1. The van der Waals surface area contributed by atoms with Crippen LogP contribution in [0.25, 0.3) is 5.82 Å². The zero-order valence-electron chi connectivity index (χ0n) is 18.5. The van der Waals surface area contributed by atoms with Crippen LogP contribution in [0.2, 0.25) is 0 Å². The number of ether oxygens (including phenoxy) is 2. The Hall–Kier alpha value is -3.46. The summed E-state index contributed by atoms with van der Waals surface area (Å²) in [6.45, 7) is 1.53. The molecule has 2 fully saturated rings. The summed E-state index contributed by atoms with van der Waals surface area (Å²) in [4.78, 5) is 21.3. The summed E-state index contributed by atoms with van der Waals surface area (Å²) in [6, 6.07) is 7.08. The van der Waals surface area contributed by atoms with Gasteiger partial charge in [0.2, 0.25) is 11.8 Å². The van der Waals surface area contributed by atoms with E-state index >= 15 is 0 Å². The van der Waals surface area contributed by atoms with Crippen molar-refractivity contribution in [3.63, 3.8) is 0 Å². The summed E-state index contributed by atoms with van der Waals surface area (Å²) in [5.41, 5.74) is 1.99. The van der Waals surface area contributed by atoms with Crippen LogP contribution < -0.4 is 10.1 Å².